The lowest BCUT2D eigenvalue weighted by Gasteiger charge is -2.04. The van der Waals surface area contributed by atoms with Crippen LogP contribution in [0.25, 0.3) is 0 Å². The summed E-state index contributed by atoms with van der Waals surface area (Å²) in [6.07, 6.45) is 0. The largest absolute Gasteiger partial charge is 0.329 e. The van der Waals surface area contributed by atoms with E-state index in [0.29, 0.717) is 5.56 Å². The van der Waals surface area contributed by atoms with Crippen molar-refractivity contribution in [3.05, 3.63) is 35.6 Å². The molecule has 3 heteroatoms. The lowest BCUT2D eigenvalue weighted by atomic mass is 10.0. The lowest BCUT2D eigenvalue weighted by molar-refractivity contribution is 0.624. The Morgan fingerprint density at radius 3 is 2.83 bits per heavy atom. The van der Waals surface area contributed by atoms with Crippen molar-refractivity contribution in [3.8, 4) is 6.07 Å². The zero-order chi connectivity index (χ0) is 8.97. The van der Waals surface area contributed by atoms with E-state index in [0.717, 1.165) is 0 Å². The van der Waals surface area contributed by atoms with Crippen molar-refractivity contribution >= 4 is 0 Å². The summed E-state index contributed by atoms with van der Waals surface area (Å²) in [6.45, 7) is 0.222. The van der Waals surface area contributed by atoms with E-state index in [1.807, 2.05) is 6.07 Å². The molecule has 62 valence electrons. The average molecular weight is 164 g/mol. The fourth-order valence-electron chi connectivity index (χ4n) is 0.987. The monoisotopic (exact) mass is 164 g/mol. The van der Waals surface area contributed by atoms with E-state index in [9.17, 15) is 4.39 Å². The van der Waals surface area contributed by atoms with Crippen molar-refractivity contribution < 1.29 is 4.39 Å². The number of nitriles is 1. The van der Waals surface area contributed by atoms with Gasteiger partial charge in [-0.1, -0.05) is 12.1 Å². The molecule has 0 saturated heterocycles. The van der Waals surface area contributed by atoms with Crippen molar-refractivity contribution in [1.82, 2.24) is 0 Å². The molecule has 1 aromatic rings. The Hall–Kier alpha value is -1.40. The molecule has 2 nitrogen and oxygen atoms in total. The van der Waals surface area contributed by atoms with E-state index in [1.54, 1.807) is 12.1 Å². The second-order valence-corrected chi connectivity index (χ2v) is 2.47. The van der Waals surface area contributed by atoms with Crippen LogP contribution in [0.15, 0.2) is 24.3 Å². The highest BCUT2D eigenvalue weighted by Crippen LogP contribution is 2.14. The molecular weight excluding hydrogens is 155 g/mol. The number of rotatable bonds is 2. The number of hydrogen-bond acceptors (Lipinski definition) is 2. The topological polar surface area (TPSA) is 49.8 Å². The molecule has 1 aromatic carbocycles. The zero-order valence-electron chi connectivity index (χ0n) is 6.50. The first-order valence-electron chi connectivity index (χ1n) is 3.63. The van der Waals surface area contributed by atoms with Gasteiger partial charge in [-0.15, -0.1) is 0 Å². The lowest BCUT2D eigenvalue weighted by Crippen LogP contribution is -2.10. The van der Waals surface area contributed by atoms with Gasteiger partial charge >= 0.3 is 0 Å². The molecule has 1 atom stereocenters. The SMILES string of the molecule is N#CC(CN)c1cccc(F)c1. The molecule has 0 amide bonds. The number of benzene rings is 1. The summed E-state index contributed by atoms with van der Waals surface area (Å²) in [5, 5.41) is 8.62. The first kappa shape index (κ1) is 8.69. The van der Waals surface area contributed by atoms with Crippen molar-refractivity contribution in [2.75, 3.05) is 6.54 Å². The molecule has 0 aliphatic carbocycles. The second-order valence-electron chi connectivity index (χ2n) is 2.47. The summed E-state index contributed by atoms with van der Waals surface area (Å²) >= 11 is 0. The van der Waals surface area contributed by atoms with Gasteiger partial charge in [0.1, 0.15) is 5.82 Å². The number of nitrogens with zero attached hydrogens (tertiary/aromatic N) is 1. The third kappa shape index (κ3) is 1.80. The maximum atomic E-state index is 12.6. The van der Waals surface area contributed by atoms with Crippen LogP contribution in [0.4, 0.5) is 4.39 Å². The third-order valence-electron chi connectivity index (χ3n) is 1.64. The minimum atomic E-state index is -0.402. The van der Waals surface area contributed by atoms with E-state index >= 15 is 0 Å². The molecule has 12 heavy (non-hydrogen) atoms. The number of hydrogen-bond donors (Lipinski definition) is 1. The molecule has 1 unspecified atom stereocenters. The number of halogens is 1. The summed E-state index contributed by atoms with van der Waals surface area (Å²) < 4.78 is 12.6. The summed E-state index contributed by atoms with van der Waals surface area (Å²) in [6, 6.07) is 7.95. The van der Waals surface area contributed by atoms with Crippen LogP contribution in [0.2, 0.25) is 0 Å². The third-order valence-corrected chi connectivity index (χ3v) is 1.64. The average Bonchev–Trinajstić information content (AvgIpc) is 2.07. The highest BCUT2D eigenvalue weighted by Gasteiger charge is 2.07. The zero-order valence-corrected chi connectivity index (χ0v) is 6.50. The molecule has 0 aliphatic rings. The van der Waals surface area contributed by atoms with Crippen LogP contribution >= 0.6 is 0 Å². The standard InChI is InChI=1S/C9H9FN2/c10-9-3-1-2-7(4-9)8(5-11)6-12/h1-4,8H,5,11H2. The Morgan fingerprint density at radius 2 is 2.33 bits per heavy atom. The van der Waals surface area contributed by atoms with Gasteiger partial charge < -0.3 is 5.73 Å². The van der Waals surface area contributed by atoms with Crippen LogP contribution in [-0.4, -0.2) is 6.54 Å². The van der Waals surface area contributed by atoms with Gasteiger partial charge in [-0.05, 0) is 17.7 Å². The molecule has 0 radical (unpaired) electrons. The van der Waals surface area contributed by atoms with Crippen LogP contribution in [-0.2, 0) is 0 Å². The molecule has 0 aliphatic heterocycles. The maximum absolute atomic E-state index is 12.6. The van der Waals surface area contributed by atoms with E-state index < -0.39 is 5.92 Å². The normalized spacial score (nSPS) is 12.1. The molecule has 0 spiro atoms. The molecule has 2 N–H and O–H groups in total. The Labute approximate surface area is 70.4 Å². The molecule has 0 bridgehead atoms. The highest BCUT2D eigenvalue weighted by molar-refractivity contribution is 5.25. The smallest absolute Gasteiger partial charge is 0.123 e. The summed E-state index contributed by atoms with van der Waals surface area (Å²) in [5.74, 6) is -0.734. The predicted molar refractivity (Wildman–Crippen MR) is 43.8 cm³/mol. The van der Waals surface area contributed by atoms with E-state index in [2.05, 4.69) is 0 Å². The van der Waals surface area contributed by atoms with E-state index in [4.69, 9.17) is 11.0 Å². The van der Waals surface area contributed by atoms with Gasteiger partial charge in [0.05, 0.1) is 12.0 Å². The van der Waals surface area contributed by atoms with Crippen LogP contribution in [0, 0.1) is 17.1 Å². The Bertz CT molecular complexity index is 304. The van der Waals surface area contributed by atoms with Crippen molar-refractivity contribution in [2.45, 2.75) is 5.92 Å². The van der Waals surface area contributed by atoms with Gasteiger partial charge in [-0.2, -0.15) is 5.26 Å². The van der Waals surface area contributed by atoms with Crippen molar-refractivity contribution in [2.24, 2.45) is 5.73 Å². The Balaban J connectivity index is 2.95. The number of nitrogens with two attached hydrogens (primary N) is 1. The Kier molecular flexibility index (Phi) is 2.78. The highest BCUT2D eigenvalue weighted by atomic mass is 19.1. The molecule has 0 fully saturated rings. The van der Waals surface area contributed by atoms with Crippen LogP contribution in [0.3, 0.4) is 0 Å². The maximum Gasteiger partial charge on any atom is 0.123 e. The molecular formula is C9H9FN2. The first-order valence-corrected chi connectivity index (χ1v) is 3.63. The van der Waals surface area contributed by atoms with Crippen LogP contribution in [0.1, 0.15) is 11.5 Å². The minimum Gasteiger partial charge on any atom is -0.329 e. The van der Waals surface area contributed by atoms with Crippen molar-refractivity contribution in [3.63, 3.8) is 0 Å². The van der Waals surface area contributed by atoms with Gasteiger partial charge in [-0.25, -0.2) is 4.39 Å². The fraction of sp³-hybridized carbons (Fsp3) is 0.222. The molecule has 1 rings (SSSR count). The summed E-state index contributed by atoms with van der Waals surface area (Å²) in [7, 11) is 0. The van der Waals surface area contributed by atoms with Gasteiger partial charge in [0, 0.05) is 6.54 Å². The van der Waals surface area contributed by atoms with Gasteiger partial charge in [0.2, 0.25) is 0 Å². The van der Waals surface area contributed by atoms with E-state index in [1.165, 1.54) is 12.1 Å². The Morgan fingerprint density at radius 1 is 1.58 bits per heavy atom. The quantitative estimate of drug-likeness (QED) is 0.718. The van der Waals surface area contributed by atoms with Gasteiger partial charge in [0.25, 0.3) is 0 Å². The van der Waals surface area contributed by atoms with Crippen molar-refractivity contribution in [1.29, 1.82) is 5.26 Å². The molecule has 0 heterocycles. The predicted octanol–water partition coefficient (Wildman–Crippen LogP) is 1.39. The van der Waals surface area contributed by atoms with E-state index in [-0.39, 0.29) is 12.4 Å². The van der Waals surface area contributed by atoms with Gasteiger partial charge in [-0.3, -0.25) is 0 Å². The molecule has 0 saturated carbocycles. The summed E-state index contributed by atoms with van der Waals surface area (Å²) in [5.41, 5.74) is 5.96. The minimum absolute atomic E-state index is 0.222. The first-order chi connectivity index (χ1) is 5.77. The second kappa shape index (κ2) is 3.84. The van der Waals surface area contributed by atoms with Gasteiger partial charge in [0.15, 0.2) is 0 Å². The molecule has 0 aromatic heterocycles. The van der Waals surface area contributed by atoms with Crippen LogP contribution in [0.5, 0.6) is 0 Å². The van der Waals surface area contributed by atoms with Crippen LogP contribution < -0.4 is 5.73 Å². The fourth-order valence-corrected chi connectivity index (χ4v) is 0.987. The summed E-state index contributed by atoms with van der Waals surface area (Å²) in [4.78, 5) is 0.